The van der Waals surface area contributed by atoms with Crippen LogP contribution >= 0.6 is 0 Å². The number of hydrogen-bond donors (Lipinski definition) is 2. The molecular weight excluding hydrogens is 338 g/mol. The Balaban J connectivity index is 2.03. The van der Waals surface area contributed by atoms with Crippen molar-refractivity contribution in [2.45, 2.75) is 37.0 Å². The lowest BCUT2D eigenvalue weighted by Crippen LogP contribution is -2.23. The molecule has 1 aliphatic carbocycles. The molecule has 132 valence electrons. The summed E-state index contributed by atoms with van der Waals surface area (Å²) in [7, 11) is -3.95. The van der Waals surface area contributed by atoms with Crippen LogP contribution in [-0.4, -0.2) is 19.3 Å². The summed E-state index contributed by atoms with van der Waals surface area (Å²) < 4.78 is 28.4. The van der Waals surface area contributed by atoms with Crippen LogP contribution in [-0.2, 0) is 16.4 Å². The van der Waals surface area contributed by atoms with E-state index in [-0.39, 0.29) is 10.5 Å². The fraction of sp³-hybridized carbons (Fsp3) is 0.333. The van der Waals surface area contributed by atoms with Crippen molar-refractivity contribution in [3.8, 4) is 0 Å². The molecule has 1 amide bonds. The number of rotatable bonds is 6. The monoisotopic (exact) mass is 359 g/mol. The van der Waals surface area contributed by atoms with Gasteiger partial charge in [0.05, 0.1) is 17.4 Å². The number of anilines is 1. The number of nitrogens with two attached hydrogens (primary N) is 1. The van der Waals surface area contributed by atoms with Crippen molar-refractivity contribution >= 4 is 21.6 Å². The Morgan fingerprint density at radius 3 is 2.60 bits per heavy atom. The van der Waals surface area contributed by atoms with E-state index >= 15 is 0 Å². The number of primary amides is 1. The molecule has 1 fully saturated rings. The van der Waals surface area contributed by atoms with Gasteiger partial charge in [-0.2, -0.15) is 0 Å². The smallest absolute Gasteiger partial charge is 0.263 e. The average Bonchev–Trinajstić information content (AvgIpc) is 3.08. The topological polar surface area (TPSA) is 102 Å². The second-order valence-corrected chi connectivity index (χ2v) is 7.98. The van der Waals surface area contributed by atoms with Gasteiger partial charge in [0, 0.05) is 6.20 Å². The van der Waals surface area contributed by atoms with Crippen LogP contribution in [0.4, 0.5) is 5.69 Å². The molecule has 0 atom stereocenters. The summed E-state index contributed by atoms with van der Waals surface area (Å²) in [5.41, 5.74) is 6.44. The third-order valence-corrected chi connectivity index (χ3v) is 6.05. The fourth-order valence-electron chi connectivity index (χ4n) is 3.41. The number of pyridine rings is 1. The van der Waals surface area contributed by atoms with Gasteiger partial charge in [-0.25, -0.2) is 8.42 Å². The number of nitrogens with zero attached hydrogens (tertiary/aromatic N) is 1. The van der Waals surface area contributed by atoms with Gasteiger partial charge >= 0.3 is 0 Å². The first kappa shape index (κ1) is 17.4. The van der Waals surface area contributed by atoms with E-state index in [9.17, 15) is 13.2 Å². The van der Waals surface area contributed by atoms with Crippen LogP contribution in [0.3, 0.4) is 0 Å². The molecule has 3 N–H and O–H groups in total. The molecule has 7 heteroatoms. The van der Waals surface area contributed by atoms with E-state index < -0.39 is 15.9 Å². The highest BCUT2D eigenvalue weighted by atomic mass is 32.2. The predicted octanol–water partition coefficient (Wildman–Crippen LogP) is 2.71. The molecule has 1 aromatic heterocycles. The Morgan fingerprint density at radius 2 is 1.96 bits per heavy atom. The van der Waals surface area contributed by atoms with Gasteiger partial charge in [0.2, 0.25) is 5.91 Å². The fourth-order valence-corrected chi connectivity index (χ4v) is 4.90. The highest BCUT2D eigenvalue weighted by Gasteiger charge is 2.27. The predicted molar refractivity (Wildman–Crippen MR) is 95.7 cm³/mol. The second kappa shape index (κ2) is 7.23. The first-order valence-corrected chi connectivity index (χ1v) is 9.80. The van der Waals surface area contributed by atoms with Crippen molar-refractivity contribution in [3.05, 3.63) is 53.9 Å². The van der Waals surface area contributed by atoms with Crippen molar-refractivity contribution < 1.29 is 13.2 Å². The highest BCUT2D eigenvalue weighted by molar-refractivity contribution is 7.92. The number of aromatic nitrogens is 1. The highest BCUT2D eigenvalue weighted by Crippen LogP contribution is 2.32. The molecule has 0 bridgehead atoms. The summed E-state index contributed by atoms with van der Waals surface area (Å²) >= 11 is 0. The second-order valence-electron chi connectivity index (χ2n) is 6.36. The number of carbonyl (C=O) groups is 1. The molecule has 1 aromatic carbocycles. The molecule has 25 heavy (non-hydrogen) atoms. The van der Waals surface area contributed by atoms with E-state index in [1.165, 1.54) is 12.3 Å². The molecule has 1 heterocycles. The molecule has 0 aliphatic heterocycles. The Morgan fingerprint density at radius 1 is 1.20 bits per heavy atom. The lowest BCUT2D eigenvalue weighted by Gasteiger charge is -2.17. The maximum Gasteiger partial charge on any atom is 0.263 e. The normalized spacial score (nSPS) is 15.2. The number of sulfonamides is 1. The summed E-state index contributed by atoms with van der Waals surface area (Å²) in [6, 6.07) is 8.15. The van der Waals surface area contributed by atoms with Crippen molar-refractivity contribution in [2.75, 3.05) is 4.72 Å². The van der Waals surface area contributed by atoms with Gasteiger partial charge < -0.3 is 5.73 Å². The molecule has 0 radical (unpaired) electrons. The summed E-state index contributed by atoms with van der Waals surface area (Å²) in [6.45, 7) is 0. The van der Waals surface area contributed by atoms with E-state index in [1.54, 1.807) is 30.5 Å². The third-order valence-electron chi connectivity index (χ3n) is 4.53. The number of carbonyl (C=O) groups excluding carboxylic acids is 1. The van der Waals surface area contributed by atoms with Gasteiger partial charge in [0.25, 0.3) is 10.0 Å². The quantitative estimate of drug-likeness (QED) is 0.828. The van der Waals surface area contributed by atoms with Crippen LogP contribution in [0.15, 0.2) is 47.6 Å². The van der Waals surface area contributed by atoms with Crippen LogP contribution in [0, 0.1) is 5.92 Å². The van der Waals surface area contributed by atoms with E-state index in [2.05, 4.69) is 9.71 Å². The molecule has 0 saturated heterocycles. The minimum atomic E-state index is -3.95. The minimum Gasteiger partial charge on any atom is -0.366 e. The largest absolute Gasteiger partial charge is 0.366 e. The molecule has 6 nitrogen and oxygen atoms in total. The van der Waals surface area contributed by atoms with E-state index in [0.29, 0.717) is 23.6 Å². The third kappa shape index (κ3) is 3.99. The number of hydrogen-bond acceptors (Lipinski definition) is 4. The minimum absolute atomic E-state index is 0.0155. The van der Waals surface area contributed by atoms with Crippen LogP contribution in [0.2, 0.25) is 0 Å². The van der Waals surface area contributed by atoms with Gasteiger partial charge in [0.15, 0.2) is 0 Å². The Kier molecular flexibility index (Phi) is 5.03. The molecule has 3 rings (SSSR count). The van der Waals surface area contributed by atoms with Crippen molar-refractivity contribution in [3.63, 3.8) is 0 Å². The Bertz CT molecular complexity index is 860. The van der Waals surface area contributed by atoms with Crippen molar-refractivity contribution in [1.82, 2.24) is 4.98 Å². The SMILES string of the molecule is NC(=O)c1cccc(CC2CCCC2)c1S(=O)(=O)Nc1cccnc1. The first-order chi connectivity index (χ1) is 12.0. The van der Waals surface area contributed by atoms with E-state index in [0.717, 1.165) is 25.7 Å². The molecule has 0 spiro atoms. The maximum absolute atomic E-state index is 13.0. The molecule has 1 aliphatic rings. The van der Waals surface area contributed by atoms with Gasteiger partial charge in [-0.3, -0.25) is 14.5 Å². The summed E-state index contributed by atoms with van der Waals surface area (Å²) in [4.78, 5) is 15.7. The van der Waals surface area contributed by atoms with Gasteiger partial charge in [0.1, 0.15) is 4.90 Å². The van der Waals surface area contributed by atoms with Gasteiger partial charge in [-0.05, 0) is 36.1 Å². The van der Waals surface area contributed by atoms with Crippen LogP contribution < -0.4 is 10.5 Å². The van der Waals surface area contributed by atoms with Crippen LogP contribution in [0.25, 0.3) is 0 Å². The Hall–Kier alpha value is -2.41. The van der Waals surface area contributed by atoms with Crippen molar-refractivity contribution in [1.29, 1.82) is 0 Å². The lowest BCUT2D eigenvalue weighted by atomic mass is 9.96. The van der Waals surface area contributed by atoms with Gasteiger partial charge in [-0.15, -0.1) is 0 Å². The first-order valence-electron chi connectivity index (χ1n) is 8.32. The van der Waals surface area contributed by atoms with E-state index in [1.807, 2.05) is 0 Å². The maximum atomic E-state index is 13.0. The number of benzene rings is 1. The van der Waals surface area contributed by atoms with Crippen LogP contribution in [0.5, 0.6) is 0 Å². The number of nitrogens with one attached hydrogen (secondary N) is 1. The van der Waals surface area contributed by atoms with Gasteiger partial charge in [-0.1, -0.05) is 37.8 Å². The summed E-state index contributed by atoms with van der Waals surface area (Å²) in [5, 5.41) is 0. The zero-order chi connectivity index (χ0) is 17.9. The molecule has 1 saturated carbocycles. The van der Waals surface area contributed by atoms with E-state index in [4.69, 9.17) is 5.73 Å². The molecule has 0 unspecified atom stereocenters. The Labute approximate surface area is 147 Å². The molecular formula is C18H21N3O3S. The molecule has 2 aromatic rings. The summed E-state index contributed by atoms with van der Waals surface area (Å²) in [5.74, 6) is -0.310. The standard InChI is InChI=1S/C18H21N3O3S/c19-18(22)16-9-3-7-14(11-13-5-1-2-6-13)17(16)25(23,24)21-15-8-4-10-20-12-15/h3-4,7-10,12-13,21H,1-2,5-6,11H2,(H2,19,22). The zero-order valence-corrected chi connectivity index (χ0v) is 14.6. The van der Waals surface area contributed by atoms with Crippen LogP contribution in [0.1, 0.15) is 41.6 Å². The number of amides is 1. The summed E-state index contributed by atoms with van der Waals surface area (Å²) in [6.07, 6.45) is 8.09. The lowest BCUT2D eigenvalue weighted by molar-refractivity contribution is 0.0997. The van der Waals surface area contributed by atoms with Crippen molar-refractivity contribution in [2.24, 2.45) is 11.7 Å². The zero-order valence-electron chi connectivity index (χ0n) is 13.8. The average molecular weight is 359 g/mol.